The lowest BCUT2D eigenvalue weighted by Crippen LogP contribution is -2.00. The summed E-state index contributed by atoms with van der Waals surface area (Å²) in [6, 6.07) is 34.9. The Kier molecular flexibility index (Phi) is 6.19. The summed E-state index contributed by atoms with van der Waals surface area (Å²) < 4.78 is 7.69. The first kappa shape index (κ1) is 22.3. The number of aromatic nitrogens is 1. The van der Waals surface area contributed by atoms with E-state index in [1.807, 2.05) is 48.5 Å². The Morgan fingerprint density at radius 3 is 1.88 bits per heavy atom. The van der Waals surface area contributed by atoms with Gasteiger partial charge in [0.1, 0.15) is 5.75 Å². The molecule has 0 saturated heterocycles. The first-order chi connectivity index (χ1) is 16.5. The molecule has 0 amide bonds. The normalized spacial score (nSPS) is 10.9. The third-order valence-electron chi connectivity index (χ3n) is 5.91. The van der Waals surface area contributed by atoms with E-state index >= 15 is 0 Å². The molecule has 0 spiro atoms. The number of benzene rings is 4. The predicted molar refractivity (Wildman–Crippen MR) is 143 cm³/mol. The van der Waals surface area contributed by atoms with Crippen molar-refractivity contribution in [2.45, 2.75) is 6.92 Å². The molecule has 0 fully saturated rings. The Morgan fingerprint density at radius 2 is 1.26 bits per heavy atom. The predicted octanol–water partition coefficient (Wildman–Crippen LogP) is 9.10. The lowest BCUT2D eigenvalue weighted by Gasteiger charge is -2.16. The number of halogens is 2. The molecule has 0 aliphatic heterocycles. The number of hydrogen-bond acceptors (Lipinski definition) is 1. The summed E-state index contributed by atoms with van der Waals surface area (Å²) in [6.45, 7) is 2.10. The molecule has 0 atom stereocenters. The fourth-order valence-electron chi connectivity index (χ4n) is 4.24. The molecule has 4 aromatic carbocycles. The van der Waals surface area contributed by atoms with Crippen molar-refractivity contribution in [2.24, 2.45) is 0 Å². The molecule has 0 aliphatic rings. The smallest absolute Gasteiger partial charge is 0.119 e. The average Bonchev–Trinajstić information content (AvgIpc) is 3.25. The highest BCUT2D eigenvalue weighted by molar-refractivity contribution is 6.31. The van der Waals surface area contributed by atoms with Gasteiger partial charge in [-0.25, -0.2) is 0 Å². The van der Waals surface area contributed by atoms with Crippen LogP contribution in [0.25, 0.3) is 39.3 Å². The molecular weight excluding hydrogens is 461 g/mol. The van der Waals surface area contributed by atoms with Gasteiger partial charge in [0.25, 0.3) is 0 Å². The van der Waals surface area contributed by atoms with Gasteiger partial charge in [0, 0.05) is 26.9 Å². The number of methoxy groups -OCH3 is 1. The molecule has 0 N–H and O–H groups in total. The summed E-state index contributed by atoms with van der Waals surface area (Å²) in [7, 11) is 1.68. The van der Waals surface area contributed by atoms with Crippen LogP contribution in [0.5, 0.6) is 5.75 Å². The van der Waals surface area contributed by atoms with E-state index in [9.17, 15) is 0 Å². The molecular formula is C30H23Cl2NO. The summed E-state index contributed by atoms with van der Waals surface area (Å²) in [6.07, 6.45) is 0. The van der Waals surface area contributed by atoms with Crippen LogP contribution in [-0.2, 0) is 0 Å². The molecule has 0 bridgehead atoms. The minimum atomic E-state index is 0.696. The van der Waals surface area contributed by atoms with Crippen molar-refractivity contribution in [2.75, 3.05) is 7.11 Å². The number of aryl methyl sites for hydroxylation is 1. The standard InChI is InChI=1S/C30H23Cl2NO/c1-20-9-11-21(12-10-20)30-28(22-5-3-7-24(31)17-22)19-29(23-6-4-8-25(32)18-23)33(30)26-13-15-27(34-2)16-14-26/h3-19H,1-2H3. The lowest BCUT2D eigenvalue weighted by molar-refractivity contribution is 0.415. The van der Waals surface area contributed by atoms with E-state index in [2.05, 4.69) is 66.1 Å². The van der Waals surface area contributed by atoms with Crippen LogP contribution in [0.3, 0.4) is 0 Å². The molecule has 0 saturated carbocycles. The molecule has 5 aromatic rings. The van der Waals surface area contributed by atoms with Gasteiger partial charge in [-0.2, -0.15) is 0 Å². The molecule has 4 heteroatoms. The first-order valence-corrected chi connectivity index (χ1v) is 11.8. The summed E-state index contributed by atoms with van der Waals surface area (Å²) in [5.41, 5.74) is 8.66. The van der Waals surface area contributed by atoms with E-state index in [0.29, 0.717) is 10.0 Å². The Balaban J connectivity index is 1.87. The van der Waals surface area contributed by atoms with Crippen molar-refractivity contribution >= 4 is 23.2 Å². The van der Waals surface area contributed by atoms with Gasteiger partial charge in [-0.1, -0.05) is 77.3 Å². The molecule has 34 heavy (non-hydrogen) atoms. The summed E-state index contributed by atoms with van der Waals surface area (Å²) in [5.74, 6) is 0.812. The van der Waals surface area contributed by atoms with E-state index in [1.54, 1.807) is 7.11 Å². The summed E-state index contributed by atoms with van der Waals surface area (Å²) in [5, 5.41) is 1.40. The van der Waals surface area contributed by atoms with Gasteiger partial charge >= 0.3 is 0 Å². The summed E-state index contributed by atoms with van der Waals surface area (Å²) >= 11 is 12.8. The Morgan fingerprint density at radius 1 is 0.647 bits per heavy atom. The SMILES string of the molecule is COc1ccc(-n2c(-c3cccc(Cl)c3)cc(-c3cccc(Cl)c3)c2-c2ccc(C)cc2)cc1. The highest BCUT2D eigenvalue weighted by atomic mass is 35.5. The van der Waals surface area contributed by atoms with Crippen LogP contribution in [0.2, 0.25) is 10.0 Å². The van der Waals surface area contributed by atoms with Gasteiger partial charge in [-0.05, 0) is 72.6 Å². The third-order valence-corrected chi connectivity index (χ3v) is 6.38. The van der Waals surface area contributed by atoms with Crippen molar-refractivity contribution < 1.29 is 4.74 Å². The van der Waals surface area contributed by atoms with Crippen LogP contribution >= 0.6 is 23.2 Å². The van der Waals surface area contributed by atoms with Gasteiger partial charge in [-0.3, -0.25) is 0 Å². The maximum absolute atomic E-state index is 6.41. The molecule has 168 valence electrons. The second-order valence-corrected chi connectivity index (χ2v) is 9.08. The van der Waals surface area contributed by atoms with Crippen LogP contribution < -0.4 is 4.74 Å². The van der Waals surface area contributed by atoms with E-state index in [4.69, 9.17) is 27.9 Å². The van der Waals surface area contributed by atoms with Crippen LogP contribution in [0.1, 0.15) is 5.56 Å². The van der Waals surface area contributed by atoms with Crippen molar-refractivity contribution in [1.82, 2.24) is 4.57 Å². The topological polar surface area (TPSA) is 14.2 Å². The van der Waals surface area contributed by atoms with Gasteiger partial charge in [0.15, 0.2) is 0 Å². The largest absolute Gasteiger partial charge is 0.497 e. The van der Waals surface area contributed by atoms with E-state index < -0.39 is 0 Å². The van der Waals surface area contributed by atoms with E-state index in [-0.39, 0.29) is 0 Å². The zero-order chi connectivity index (χ0) is 23.7. The number of nitrogens with zero attached hydrogens (tertiary/aromatic N) is 1. The van der Waals surface area contributed by atoms with Gasteiger partial charge < -0.3 is 9.30 Å². The molecule has 0 aliphatic carbocycles. The zero-order valence-electron chi connectivity index (χ0n) is 18.9. The second-order valence-electron chi connectivity index (χ2n) is 8.21. The fourth-order valence-corrected chi connectivity index (χ4v) is 4.62. The number of hydrogen-bond donors (Lipinski definition) is 0. The minimum Gasteiger partial charge on any atom is -0.497 e. The van der Waals surface area contributed by atoms with Crippen LogP contribution in [-0.4, -0.2) is 11.7 Å². The Hall–Kier alpha value is -3.46. The molecule has 0 unspecified atom stereocenters. The minimum absolute atomic E-state index is 0.696. The average molecular weight is 484 g/mol. The van der Waals surface area contributed by atoms with Crippen LogP contribution in [0.15, 0.2) is 103 Å². The first-order valence-electron chi connectivity index (χ1n) is 11.0. The Bertz CT molecular complexity index is 1450. The summed E-state index contributed by atoms with van der Waals surface area (Å²) in [4.78, 5) is 0. The molecule has 1 aromatic heterocycles. The Labute approximate surface area is 210 Å². The molecule has 2 nitrogen and oxygen atoms in total. The lowest BCUT2D eigenvalue weighted by atomic mass is 10.00. The highest BCUT2D eigenvalue weighted by Crippen LogP contribution is 2.42. The van der Waals surface area contributed by atoms with Crippen LogP contribution in [0, 0.1) is 6.92 Å². The monoisotopic (exact) mass is 483 g/mol. The fraction of sp³-hybridized carbons (Fsp3) is 0.0667. The van der Waals surface area contributed by atoms with Gasteiger partial charge in [-0.15, -0.1) is 0 Å². The maximum atomic E-state index is 6.41. The van der Waals surface area contributed by atoms with Crippen molar-refractivity contribution in [1.29, 1.82) is 0 Å². The van der Waals surface area contributed by atoms with Crippen molar-refractivity contribution in [3.05, 3.63) is 119 Å². The third kappa shape index (κ3) is 4.35. The number of ether oxygens (including phenoxy) is 1. The maximum Gasteiger partial charge on any atom is 0.119 e. The van der Waals surface area contributed by atoms with Gasteiger partial charge in [0.05, 0.1) is 18.5 Å². The quantitative estimate of drug-likeness (QED) is 0.243. The van der Waals surface area contributed by atoms with E-state index in [1.165, 1.54) is 5.56 Å². The second kappa shape index (κ2) is 9.42. The molecule has 0 radical (unpaired) electrons. The van der Waals surface area contributed by atoms with Crippen molar-refractivity contribution in [3.8, 4) is 45.1 Å². The molecule has 1 heterocycles. The van der Waals surface area contributed by atoms with Crippen LogP contribution in [0.4, 0.5) is 0 Å². The van der Waals surface area contributed by atoms with E-state index in [0.717, 1.165) is 45.1 Å². The number of rotatable bonds is 5. The van der Waals surface area contributed by atoms with Gasteiger partial charge in [0.2, 0.25) is 0 Å². The van der Waals surface area contributed by atoms with Crippen molar-refractivity contribution in [3.63, 3.8) is 0 Å². The highest BCUT2D eigenvalue weighted by Gasteiger charge is 2.21. The molecule has 5 rings (SSSR count). The zero-order valence-corrected chi connectivity index (χ0v) is 20.4.